The molecule has 0 bridgehead atoms. The number of benzene rings is 2. The van der Waals surface area contributed by atoms with E-state index in [9.17, 15) is 0 Å². The van der Waals surface area contributed by atoms with Crippen molar-refractivity contribution in [3.8, 4) is 16.9 Å². The lowest BCUT2D eigenvalue weighted by Gasteiger charge is -2.25. The first-order valence-corrected chi connectivity index (χ1v) is 12.1. The van der Waals surface area contributed by atoms with Gasteiger partial charge in [0, 0.05) is 30.3 Å². The molecule has 0 amide bonds. The molecular weight excluding hydrogens is 424 g/mol. The predicted molar refractivity (Wildman–Crippen MR) is 133 cm³/mol. The minimum Gasteiger partial charge on any atom is -0.489 e. The largest absolute Gasteiger partial charge is 0.489 e. The summed E-state index contributed by atoms with van der Waals surface area (Å²) in [6.45, 7) is 1.21. The molecule has 1 aliphatic carbocycles. The fraction of sp³-hybridized carbons (Fsp3) is 0.357. The van der Waals surface area contributed by atoms with Crippen LogP contribution in [-0.2, 0) is 18.0 Å². The van der Waals surface area contributed by atoms with Crippen LogP contribution in [0.5, 0.6) is 5.75 Å². The van der Waals surface area contributed by atoms with Crippen molar-refractivity contribution < 1.29 is 9.57 Å². The van der Waals surface area contributed by atoms with Crippen molar-refractivity contribution in [1.29, 1.82) is 0 Å². The number of ether oxygens (including phenoxy) is 1. The zero-order chi connectivity index (χ0) is 23.3. The van der Waals surface area contributed by atoms with Crippen LogP contribution in [0.25, 0.3) is 16.8 Å². The van der Waals surface area contributed by atoms with Crippen LogP contribution in [0.2, 0.25) is 0 Å². The van der Waals surface area contributed by atoms with E-state index in [1.54, 1.807) is 12.2 Å². The standard InChI is InChI=1S/C28H32N4O2/c1-31(33-2)19-24-17-30-32-27(23-11-7-4-8-12-23)26(18-29-28(24)32)22-13-15-25(16-14-22)34-20-21-9-5-3-6-10-21/h3,5-6,9-10,13-18,23H,4,7-8,11-12,19-20H2,1-2H3. The van der Waals surface area contributed by atoms with Crippen molar-refractivity contribution in [3.05, 3.63) is 83.8 Å². The Morgan fingerprint density at radius 1 is 0.971 bits per heavy atom. The maximum Gasteiger partial charge on any atom is 0.159 e. The summed E-state index contributed by atoms with van der Waals surface area (Å²) in [5.74, 6) is 1.35. The van der Waals surface area contributed by atoms with E-state index < -0.39 is 0 Å². The number of aromatic nitrogens is 3. The van der Waals surface area contributed by atoms with Crippen LogP contribution in [0.4, 0.5) is 0 Å². The average Bonchev–Trinajstić information content (AvgIpc) is 3.31. The quantitative estimate of drug-likeness (QED) is 0.304. The van der Waals surface area contributed by atoms with E-state index >= 15 is 0 Å². The highest BCUT2D eigenvalue weighted by Gasteiger charge is 2.24. The molecule has 1 aliphatic rings. The Labute approximate surface area is 201 Å². The van der Waals surface area contributed by atoms with Gasteiger partial charge < -0.3 is 9.57 Å². The van der Waals surface area contributed by atoms with Gasteiger partial charge in [-0.1, -0.05) is 61.7 Å². The molecule has 0 saturated heterocycles. The molecule has 2 aromatic heterocycles. The number of hydrogen-bond donors (Lipinski definition) is 0. The molecule has 34 heavy (non-hydrogen) atoms. The van der Waals surface area contributed by atoms with E-state index in [-0.39, 0.29) is 0 Å². The maximum absolute atomic E-state index is 6.00. The highest BCUT2D eigenvalue weighted by molar-refractivity contribution is 5.69. The van der Waals surface area contributed by atoms with Crippen LogP contribution in [0.1, 0.15) is 54.8 Å². The molecule has 4 aromatic rings. The van der Waals surface area contributed by atoms with Gasteiger partial charge in [0.15, 0.2) is 5.65 Å². The van der Waals surface area contributed by atoms with Gasteiger partial charge >= 0.3 is 0 Å². The highest BCUT2D eigenvalue weighted by atomic mass is 16.7. The van der Waals surface area contributed by atoms with Gasteiger partial charge in [0.25, 0.3) is 0 Å². The summed E-state index contributed by atoms with van der Waals surface area (Å²) < 4.78 is 8.07. The predicted octanol–water partition coefficient (Wildman–Crippen LogP) is 6.02. The first-order chi connectivity index (χ1) is 16.7. The SMILES string of the molecule is CON(C)Cc1cnn2c(C3CCCCC3)c(-c3ccc(OCc4ccccc4)cc3)cnc12. The highest BCUT2D eigenvalue weighted by Crippen LogP contribution is 2.38. The Bertz CT molecular complexity index is 1210. The van der Waals surface area contributed by atoms with Gasteiger partial charge in [0.2, 0.25) is 0 Å². The molecule has 1 saturated carbocycles. The van der Waals surface area contributed by atoms with Crippen LogP contribution < -0.4 is 4.74 Å². The lowest BCUT2D eigenvalue weighted by Crippen LogP contribution is -2.16. The van der Waals surface area contributed by atoms with Crippen molar-refractivity contribution in [3.63, 3.8) is 0 Å². The number of hydroxylamine groups is 2. The first-order valence-electron chi connectivity index (χ1n) is 12.1. The van der Waals surface area contributed by atoms with Gasteiger partial charge in [-0.15, -0.1) is 0 Å². The minimum atomic E-state index is 0.483. The summed E-state index contributed by atoms with van der Waals surface area (Å²) in [5, 5.41) is 6.59. The third-order valence-corrected chi connectivity index (χ3v) is 6.75. The third-order valence-electron chi connectivity index (χ3n) is 6.75. The second kappa shape index (κ2) is 10.4. The second-order valence-electron chi connectivity index (χ2n) is 9.06. The van der Waals surface area contributed by atoms with Crippen LogP contribution >= 0.6 is 0 Å². The Kier molecular flexibility index (Phi) is 6.88. The van der Waals surface area contributed by atoms with Crippen LogP contribution in [0.3, 0.4) is 0 Å². The van der Waals surface area contributed by atoms with E-state index in [1.807, 2.05) is 37.6 Å². The average molecular weight is 457 g/mol. The van der Waals surface area contributed by atoms with E-state index in [2.05, 4.69) is 40.9 Å². The van der Waals surface area contributed by atoms with Crippen molar-refractivity contribution >= 4 is 5.65 Å². The molecule has 0 N–H and O–H groups in total. The maximum atomic E-state index is 6.00. The lowest BCUT2D eigenvalue weighted by molar-refractivity contribution is -0.116. The molecule has 6 heteroatoms. The third kappa shape index (κ3) is 4.83. The number of hydrogen-bond acceptors (Lipinski definition) is 5. The normalized spacial score (nSPS) is 14.7. The second-order valence-corrected chi connectivity index (χ2v) is 9.06. The fourth-order valence-electron chi connectivity index (χ4n) is 4.87. The number of fused-ring (bicyclic) bond motifs is 1. The summed E-state index contributed by atoms with van der Waals surface area (Å²) in [7, 11) is 3.60. The zero-order valence-corrected chi connectivity index (χ0v) is 20.0. The molecule has 0 atom stereocenters. The molecule has 1 fully saturated rings. The zero-order valence-electron chi connectivity index (χ0n) is 20.0. The Hall–Kier alpha value is -3.22. The fourth-order valence-corrected chi connectivity index (χ4v) is 4.87. The molecule has 0 radical (unpaired) electrons. The Morgan fingerprint density at radius 3 is 2.47 bits per heavy atom. The molecule has 0 unspecified atom stereocenters. The smallest absolute Gasteiger partial charge is 0.159 e. The van der Waals surface area contributed by atoms with Gasteiger partial charge in [-0.25, -0.2) is 9.50 Å². The summed E-state index contributed by atoms with van der Waals surface area (Å²) in [6.07, 6.45) is 10.2. The Balaban J connectivity index is 1.47. The van der Waals surface area contributed by atoms with Crippen LogP contribution in [-0.4, -0.2) is 33.8 Å². The summed E-state index contributed by atoms with van der Waals surface area (Å²) in [5.41, 5.74) is 6.72. The number of nitrogens with zero attached hydrogens (tertiary/aromatic N) is 4. The van der Waals surface area contributed by atoms with Gasteiger partial charge in [-0.2, -0.15) is 10.2 Å². The Morgan fingerprint density at radius 2 is 1.74 bits per heavy atom. The number of rotatable bonds is 8. The van der Waals surface area contributed by atoms with Gasteiger partial charge in [0.05, 0.1) is 25.5 Å². The molecule has 2 aromatic carbocycles. The van der Waals surface area contributed by atoms with E-state index in [0.717, 1.165) is 33.7 Å². The minimum absolute atomic E-state index is 0.483. The molecule has 176 valence electrons. The van der Waals surface area contributed by atoms with Crippen LogP contribution in [0.15, 0.2) is 67.0 Å². The lowest BCUT2D eigenvalue weighted by atomic mass is 9.84. The van der Waals surface area contributed by atoms with Crippen LogP contribution in [0, 0.1) is 0 Å². The molecule has 6 nitrogen and oxygen atoms in total. The van der Waals surface area contributed by atoms with Gasteiger partial charge in [-0.3, -0.25) is 0 Å². The summed E-state index contributed by atoms with van der Waals surface area (Å²) in [6, 6.07) is 18.6. The monoisotopic (exact) mass is 456 g/mol. The van der Waals surface area contributed by atoms with Crippen molar-refractivity contribution in [2.24, 2.45) is 0 Å². The molecule has 2 heterocycles. The van der Waals surface area contributed by atoms with Gasteiger partial charge in [0.1, 0.15) is 12.4 Å². The first kappa shape index (κ1) is 22.6. The van der Waals surface area contributed by atoms with E-state index in [4.69, 9.17) is 19.7 Å². The topological polar surface area (TPSA) is 51.9 Å². The molecule has 0 spiro atoms. The van der Waals surface area contributed by atoms with Crippen molar-refractivity contribution in [2.45, 2.75) is 51.2 Å². The van der Waals surface area contributed by atoms with Crippen molar-refractivity contribution in [1.82, 2.24) is 19.7 Å². The summed E-state index contributed by atoms with van der Waals surface area (Å²) >= 11 is 0. The summed E-state index contributed by atoms with van der Waals surface area (Å²) in [4.78, 5) is 10.2. The van der Waals surface area contributed by atoms with Gasteiger partial charge in [-0.05, 0) is 36.1 Å². The van der Waals surface area contributed by atoms with E-state index in [0.29, 0.717) is 19.1 Å². The van der Waals surface area contributed by atoms with E-state index in [1.165, 1.54) is 37.8 Å². The molecule has 5 rings (SSSR count). The molecular formula is C28H32N4O2. The molecule has 0 aliphatic heterocycles. The van der Waals surface area contributed by atoms with Crippen molar-refractivity contribution in [2.75, 3.05) is 14.2 Å².